The van der Waals surface area contributed by atoms with Gasteiger partial charge in [0.1, 0.15) is 29.0 Å². The van der Waals surface area contributed by atoms with Crippen LogP contribution in [-0.2, 0) is 10.2 Å². The van der Waals surface area contributed by atoms with Crippen LogP contribution in [0.5, 0.6) is 11.5 Å². The summed E-state index contributed by atoms with van der Waals surface area (Å²) in [5.41, 5.74) is 1.63. The lowest BCUT2D eigenvalue weighted by Crippen LogP contribution is -2.22. The molecule has 1 amide bonds. The summed E-state index contributed by atoms with van der Waals surface area (Å²) in [7, 11) is 1.59. The highest BCUT2D eigenvalue weighted by atomic mass is 32.2. The van der Waals surface area contributed by atoms with E-state index in [4.69, 9.17) is 21.7 Å². The van der Waals surface area contributed by atoms with Crippen LogP contribution in [0, 0.1) is 10.1 Å². The molecule has 0 atom stereocenters. The molecule has 3 rings (SSSR count). The van der Waals surface area contributed by atoms with Gasteiger partial charge in [-0.15, -0.1) is 0 Å². The largest absolute Gasteiger partial charge is 0.490 e. The van der Waals surface area contributed by atoms with Gasteiger partial charge in [0, 0.05) is 24.7 Å². The first-order valence-corrected chi connectivity index (χ1v) is 11.1. The van der Waals surface area contributed by atoms with Crippen molar-refractivity contribution in [2.24, 2.45) is 0 Å². The fraction of sp³-hybridized carbons (Fsp3) is 0.304. The average molecular weight is 473 g/mol. The molecule has 168 valence electrons. The number of carbonyl (C=O) groups is 1. The number of non-ortho nitro benzene ring substituents is 1. The Kier molecular flexibility index (Phi) is 7.20. The number of rotatable bonds is 7. The number of carbonyl (C=O) groups excluding carboxylic acids is 1. The number of thioether (sulfide) groups is 1. The van der Waals surface area contributed by atoms with Crippen LogP contribution in [0.15, 0.2) is 47.4 Å². The van der Waals surface area contributed by atoms with Crippen molar-refractivity contribution in [2.45, 2.75) is 26.2 Å². The maximum Gasteiger partial charge on any atom is 0.270 e. The molecule has 1 aliphatic rings. The molecule has 0 saturated carbocycles. The molecule has 32 heavy (non-hydrogen) atoms. The van der Waals surface area contributed by atoms with E-state index in [1.807, 2.05) is 24.3 Å². The summed E-state index contributed by atoms with van der Waals surface area (Å²) in [6.07, 6.45) is 1.57. The van der Waals surface area contributed by atoms with E-state index in [0.717, 1.165) is 17.5 Å². The Morgan fingerprint density at radius 3 is 2.34 bits per heavy atom. The van der Waals surface area contributed by atoms with Gasteiger partial charge in [0.15, 0.2) is 0 Å². The van der Waals surface area contributed by atoms with E-state index in [1.54, 1.807) is 13.1 Å². The number of amides is 1. The molecule has 1 heterocycles. The number of benzene rings is 2. The fourth-order valence-corrected chi connectivity index (χ4v) is 4.11. The minimum atomic E-state index is -0.490. The summed E-state index contributed by atoms with van der Waals surface area (Å²) < 4.78 is 12.0. The fourth-order valence-electron chi connectivity index (χ4n) is 2.94. The van der Waals surface area contributed by atoms with Crippen LogP contribution in [0.2, 0.25) is 0 Å². The Bertz CT molecular complexity index is 1070. The number of likely N-dealkylation sites (N-methyl/N-ethyl adjacent to an activating group) is 1. The van der Waals surface area contributed by atoms with Gasteiger partial charge in [0.25, 0.3) is 11.6 Å². The minimum absolute atomic E-state index is 0.0694. The Balaban J connectivity index is 1.69. The topological polar surface area (TPSA) is 81.9 Å². The predicted molar refractivity (Wildman–Crippen MR) is 130 cm³/mol. The van der Waals surface area contributed by atoms with E-state index in [0.29, 0.717) is 27.1 Å². The second-order valence-corrected chi connectivity index (χ2v) is 9.87. The van der Waals surface area contributed by atoms with Crippen molar-refractivity contribution in [3.05, 3.63) is 68.6 Å². The van der Waals surface area contributed by atoms with Gasteiger partial charge in [-0.05, 0) is 35.3 Å². The van der Waals surface area contributed by atoms with Crippen LogP contribution in [0.1, 0.15) is 31.9 Å². The Morgan fingerprint density at radius 1 is 1.12 bits per heavy atom. The van der Waals surface area contributed by atoms with Gasteiger partial charge in [-0.25, -0.2) is 0 Å². The molecule has 0 radical (unpaired) electrons. The number of nitrogens with zero attached hydrogens (tertiary/aromatic N) is 2. The Hall–Kier alpha value is -2.91. The zero-order valence-corrected chi connectivity index (χ0v) is 19.9. The first-order valence-electron chi connectivity index (χ1n) is 9.92. The van der Waals surface area contributed by atoms with Gasteiger partial charge >= 0.3 is 0 Å². The van der Waals surface area contributed by atoms with E-state index < -0.39 is 4.92 Å². The van der Waals surface area contributed by atoms with Crippen molar-refractivity contribution in [3.8, 4) is 11.5 Å². The number of thiocarbonyl (C=S) groups is 1. The number of nitro benzene ring substituents is 1. The van der Waals surface area contributed by atoms with Crippen LogP contribution in [0.4, 0.5) is 5.69 Å². The van der Waals surface area contributed by atoms with E-state index in [9.17, 15) is 14.9 Å². The summed E-state index contributed by atoms with van der Waals surface area (Å²) in [6, 6.07) is 12.2. The quantitative estimate of drug-likeness (QED) is 0.180. The van der Waals surface area contributed by atoms with E-state index >= 15 is 0 Å². The van der Waals surface area contributed by atoms with Crippen LogP contribution in [0.25, 0.3) is 6.08 Å². The summed E-state index contributed by atoms with van der Waals surface area (Å²) in [5, 5.41) is 11.2. The molecule has 1 aliphatic heterocycles. The molecular weight excluding hydrogens is 448 g/mol. The van der Waals surface area contributed by atoms with E-state index in [-0.39, 0.29) is 23.6 Å². The van der Waals surface area contributed by atoms with Crippen molar-refractivity contribution in [1.29, 1.82) is 0 Å². The maximum absolute atomic E-state index is 12.3. The first kappa shape index (κ1) is 23.7. The first-order chi connectivity index (χ1) is 15.1. The molecule has 0 aliphatic carbocycles. The monoisotopic (exact) mass is 472 g/mol. The highest BCUT2D eigenvalue weighted by Crippen LogP contribution is 2.34. The molecule has 1 fully saturated rings. The molecule has 7 nitrogen and oxygen atoms in total. The van der Waals surface area contributed by atoms with Crippen molar-refractivity contribution < 1.29 is 19.2 Å². The lowest BCUT2D eigenvalue weighted by molar-refractivity contribution is -0.384. The summed E-state index contributed by atoms with van der Waals surface area (Å²) in [4.78, 5) is 24.8. The van der Waals surface area contributed by atoms with E-state index in [2.05, 4.69) is 20.8 Å². The lowest BCUT2D eigenvalue weighted by atomic mass is 9.87. The molecule has 0 bridgehead atoms. The number of nitro groups is 1. The Morgan fingerprint density at radius 2 is 1.78 bits per heavy atom. The molecule has 0 N–H and O–H groups in total. The van der Waals surface area contributed by atoms with Gasteiger partial charge in [-0.2, -0.15) is 0 Å². The number of hydrogen-bond acceptors (Lipinski definition) is 7. The third-order valence-corrected chi connectivity index (χ3v) is 6.29. The average Bonchev–Trinajstić information content (AvgIpc) is 2.98. The standard InChI is InChI=1S/C23H24N2O5S2/c1-23(2,3)16-5-8-18(9-6-16)29-11-12-30-19-10-7-17(25(27)28)13-15(19)14-20-21(26)24(4)22(31)32-20/h5-10,13-14H,11-12H2,1-4H3. The third-order valence-electron chi connectivity index (χ3n) is 4.81. The highest BCUT2D eigenvalue weighted by Gasteiger charge is 2.29. The zero-order valence-electron chi connectivity index (χ0n) is 18.3. The summed E-state index contributed by atoms with van der Waals surface area (Å²) in [6.45, 7) is 6.97. The molecular formula is C23H24N2O5S2. The van der Waals surface area contributed by atoms with Crippen LogP contribution in [0.3, 0.4) is 0 Å². The van der Waals surface area contributed by atoms with Crippen molar-refractivity contribution in [3.63, 3.8) is 0 Å². The molecule has 0 spiro atoms. The van der Waals surface area contributed by atoms with Gasteiger partial charge < -0.3 is 9.47 Å². The second kappa shape index (κ2) is 9.70. The summed E-state index contributed by atoms with van der Waals surface area (Å²) in [5.74, 6) is 0.903. The van der Waals surface area contributed by atoms with Crippen LogP contribution < -0.4 is 9.47 Å². The Labute approximate surface area is 196 Å². The SMILES string of the molecule is CN1C(=O)C(=Cc2cc([N+](=O)[O-])ccc2OCCOc2ccc(C(C)(C)C)cc2)SC1=S. The van der Waals surface area contributed by atoms with Gasteiger partial charge in [-0.1, -0.05) is 56.9 Å². The van der Waals surface area contributed by atoms with Gasteiger partial charge in [-0.3, -0.25) is 19.8 Å². The highest BCUT2D eigenvalue weighted by molar-refractivity contribution is 8.26. The smallest absolute Gasteiger partial charge is 0.270 e. The van der Waals surface area contributed by atoms with Gasteiger partial charge in [0.05, 0.1) is 9.83 Å². The zero-order chi connectivity index (χ0) is 23.5. The van der Waals surface area contributed by atoms with Crippen molar-refractivity contribution >= 4 is 46.0 Å². The molecule has 9 heteroatoms. The molecule has 1 saturated heterocycles. The minimum Gasteiger partial charge on any atom is -0.490 e. The summed E-state index contributed by atoms with van der Waals surface area (Å²) >= 11 is 6.29. The van der Waals surface area contributed by atoms with Crippen molar-refractivity contribution in [1.82, 2.24) is 4.90 Å². The van der Waals surface area contributed by atoms with Crippen molar-refractivity contribution in [2.75, 3.05) is 20.3 Å². The predicted octanol–water partition coefficient (Wildman–Crippen LogP) is 5.18. The number of hydrogen-bond donors (Lipinski definition) is 0. The number of ether oxygens (including phenoxy) is 2. The molecule has 2 aromatic rings. The molecule has 0 aromatic heterocycles. The molecule has 2 aromatic carbocycles. The second-order valence-electron chi connectivity index (χ2n) is 8.19. The van der Waals surface area contributed by atoms with Crippen LogP contribution >= 0.6 is 24.0 Å². The third kappa shape index (κ3) is 5.66. The normalized spacial score (nSPS) is 15.4. The maximum atomic E-state index is 12.3. The molecule has 0 unspecified atom stereocenters. The lowest BCUT2D eigenvalue weighted by Gasteiger charge is -2.19. The van der Waals surface area contributed by atoms with E-state index in [1.165, 1.54) is 28.7 Å². The van der Waals surface area contributed by atoms with Crippen LogP contribution in [-0.4, -0.2) is 40.3 Å². The van der Waals surface area contributed by atoms with Gasteiger partial charge in [0.2, 0.25) is 0 Å².